The zero-order valence-electron chi connectivity index (χ0n) is 8.36. The molecular weight excluding hydrogens is 210 g/mol. The molecule has 0 amide bonds. The molecule has 0 unspecified atom stereocenters. The van der Waals surface area contributed by atoms with Gasteiger partial charge in [-0.2, -0.15) is 0 Å². The fourth-order valence-electron chi connectivity index (χ4n) is 1.16. The Morgan fingerprint density at radius 1 is 1.43 bits per heavy atom. The molecule has 2 rings (SSSR count). The Kier molecular flexibility index (Phi) is 3.08. The Morgan fingerprint density at radius 3 is 2.93 bits per heavy atom. The van der Waals surface area contributed by atoms with E-state index in [0.29, 0.717) is 5.25 Å². The summed E-state index contributed by atoms with van der Waals surface area (Å²) in [6.07, 6.45) is 1.20. The van der Waals surface area contributed by atoms with Crippen molar-refractivity contribution < 1.29 is 0 Å². The second-order valence-corrected chi connectivity index (χ2v) is 6.00. The van der Waals surface area contributed by atoms with Crippen LogP contribution in [0, 0.1) is 0 Å². The van der Waals surface area contributed by atoms with Crippen molar-refractivity contribution in [2.75, 3.05) is 0 Å². The fraction of sp³-hybridized carbons (Fsp3) is 0.364. The SMILES string of the molecule is CC[C@H](C)Sc1nc2ccccc2s1. The van der Waals surface area contributed by atoms with Crippen molar-refractivity contribution in [1.29, 1.82) is 0 Å². The van der Waals surface area contributed by atoms with Gasteiger partial charge in [0.25, 0.3) is 0 Å². The third kappa shape index (κ3) is 2.10. The van der Waals surface area contributed by atoms with Crippen molar-refractivity contribution >= 4 is 33.3 Å². The van der Waals surface area contributed by atoms with Gasteiger partial charge in [-0.15, -0.1) is 11.3 Å². The molecule has 0 N–H and O–H groups in total. The topological polar surface area (TPSA) is 12.9 Å². The lowest BCUT2D eigenvalue weighted by Gasteiger charge is -2.02. The van der Waals surface area contributed by atoms with Crippen molar-refractivity contribution in [3.63, 3.8) is 0 Å². The molecule has 0 spiro atoms. The van der Waals surface area contributed by atoms with Crippen LogP contribution in [0.25, 0.3) is 10.2 Å². The first kappa shape index (κ1) is 9.99. The molecule has 0 saturated carbocycles. The highest BCUT2D eigenvalue weighted by Crippen LogP contribution is 2.32. The molecule has 3 heteroatoms. The maximum Gasteiger partial charge on any atom is 0.151 e. The fourth-order valence-corrected chi connectivity index (χ4v) is 3.47. The summed E-state index contributed by atoms with van der Waals surface area (Å²) < 4.78 is 2.49. The molecule has 74 valence electrons. The molecule has 0 bridgehead atoms. The molecular formula is C11H13NS2. The second kappa shape index (κ2) is 4.32. The molecule has 1 nitrogen and oxygen atoms in total. The van der Waals surface area contributed by atoms with Gasteiger partial charge in [-0.1, -0.05) is 37.7 Å². The number of hydrogen-bond donors (Lipinski definition) is 0. The van der Waals surface area contributed by atoms with E-state index in [4.69, 9.17) is 0 Å². The maximum absolute atomic E-state index is 4.58. The van der Waals surface area contributed by atoms with Crippen LogP contribution in [0.3, 0.4) is 0 Å². The lowest BCUT2D eigenvalue weighted by molar-refractivity contribution is 0.905. The summed E-state index contributed by atoms with van der Waals surface area (Å²) in [7, 11) is 0. The van der Waals surface area contributed by atoms with Gasteiger partial charge in [-0.25, -0.2) is 4.98 Å². The normalized spacial score (nSPS) is 13.3. The molecule has 2 aromatic rings. The molecule has 0 radical (unpaired) electrons. The maximum atomic E-state index is 4.58. The number of thioether (sulfide) groups is 1. The van der Waals surface area contributed by atoms with E-state index in [2.05, 4.69) is 37.0 Å². The third-order valence-corrected chi connectivity index (χ3v) is 4.55. The van der Waals surface area contributed by atoms with Crippen LogP contribution in [0.4, 0.5) is 0 Å². The van der Waals surface area contributed by atoms with Gasteiger partial charge in [0.1, 0.15) is 0 Å². The first-order valence-electron chi connectivity index (χ1n) is 4.82. The van der Waals surface area contributed by atoms with Gasteiger partial charge in [0, 0.05) is 5.25 Å². The minimum atomic E-state index is 0.663. The first-order chi connectivity index (χ1) is 6.79. The zero-order valence-corrected chi connectivity index (χ0v) is 9.99. The molecule has 1 aromatic carbocycles. The average molecular weight is 223 g/mol. The number of benzene rings is 1. The number of hydrogen-bond acceptors (Lipinski definition) is 3. The zero-order chi connectivity index (χ0) is 9.97. The lowest BCUT2D eigenvalue weighted by Crippen LogP contribution is -1.90. The molecule has 1 heterocycles. The predicted octanol–water partition coefficient (Wildman–Crippen LogP) is 4.19. The highest BCUT2D eigenvalue weighted by Gasteiger charge is 2.06. The third-order valence-electron chi connectivity index (χ3n) is 2.15. The van der Waals surface area contributed by atoms with E-state index >= 15 is 0 Å². The molecule has 14 heavy (non-hydrogen) atoms. The lowest BCUT2D eigenvalue weighted by atomic mass is 10.3. The van der Waals surface area contributed by atoms with Gasteiger partial charge in [0.15, 0.2) is 4.34 Å². The number of aromatic nitrogens is 1. The summed E-state index contributed by atoms with van der Waals surface area (Å²) in [6.45, 7) is 4.46. The molecule has 0 saturated heterocycles. The summed E-state index contributed by atoms with van der Waals surface area (Å²) in [4.78, 5) is 4.58. The van der Waals surface area contributed by atoms with E-state index in [0.717, 1.165) is 5.52 Å². The Labute approximate surface area is 92.6 Å². The van der Waals surface area contributed by atoms with Gasteiger partial charge in [-0.05, 0) is 18.6 Å². The van der Waals surface area contributed by atoms with Gasteiger partial charge in [0.2, 0.25) is 0 Å². The van der Waals surface area contributed by atoms with Crippen LogP contribution in [-0.2, 0) is 0 Å². The van der Waals surface area contributed by atoms with E-state index in [1.54, 1.807) is 11.3 Å². The summed E-state index contributed by atoms with van der Waals surface area (Å²) in [6, 6.07) is 8.32. The van der Waals surface area contributed by atoms with Crippen molar-refractivity contribution in [3.8, 4) is 0 Å². The quantitative estimate of drug-likeness (QED) is 0.724. The van der Waals surface area contributed by atoms with Crippen LogP contribution < -0.4 is 0 Å². The standard InChI is InChI=1S/C11H13NS2/c1-3-8(2)13-11-12-9-6-4-5-7-10(9)14-11/h4-8H,3H2,1-2H3/t8-/m0/s1. The molecule has 1 aromatic heterocycles. The second-order valence-electron chi connectivity index (χ2n) is 3.28. The summed E-state index contributed by atoms with van der Waals surface area (Å²) in [5, 5.41) is 0.663. The number of thiazole rings is 1. The monoisotopic (exact) mass is 223 g/mol. The van der Waals surface area contributed by atoms with Gasteiger partial charge in [-0.3, -0.25) is 0 Å². The Hall–Kier alpha value is -0.540. The minimum absolute atomic E-state index is 0.663. The predicted molar refractivity (Wildman–Crippen MR) is 65.2 cm³/mol. The highest BCUT2D eigenvalue weighted by atomic mass is 32.2. The smallest absolute Gasteiger partial charge is 0.151 e. The summed E-state index contributed by atoms with van der Waals surface area (Å²) in [5.74, 6) is 0. The summed E-state index contributed by atoms with van der Waals surface area (Å²) >= 11 is 3.67. The van der Waals surface area contributed by atoms with Crippen LogP contribution in [0.1, 0.15) is 20.3 Å². The molecule has 1 atom stereocenters. The van der Waals surface area contributed by atoms with Crippen molar-refractivity contribution in [2.45, 2.75) is 29.9 Å². The number of rotatable bonds is 3. The van der Waals surface area contributed by atoms with Crippen LogP contribution in [0.5, 0.6) is 0 Å². The van der Waals surface area contributed by atoms with Crippen LogP contribution >= 0.6 is 23.1 Å². The Morgan fingerprint density at radius 2 is 2.21 bits per heavy atom. The molecule has 0 aliphatic heterocycles. The molecule has 0 fully saturated rings. The van der Waals surface area contributed by atoms with Gasteiger partial charge >= 0.3 is 0 Å². The summed E-state index contributed by atoms with van der Waals surface area (Å²) in [5.41, 5.74) is 1.13. The van der Waals surface area contributed by atoms with E-state index < -0.39 is 0 Å². The van der Waals surface area contributed by atoms with Gasteiger partial charge in [0.05, 0.1) is 10.2 Å². The Bertz CT molecular complexity index is 389. The number of para-hydroxylation sites is 1. The van der Waals surface area contributed by atoms with Crippen molar-refractivity contribution in [3.05, 3.63) is 24.3 Å². The number of fused-ring (bicyclic) bond motifs is 1. The largest absolute Gasteiger partial charge is 0.230 e. The first-order valence-corrected chi connectivity index (χ1v) is 6.51. The van der Waals surface area contributed by atoms with E-state index in [-0.39, 0.29) is 0 Å². The highest BCUT2D eigenvalue weighted by molar-refractivity contribution is 8.01. The molecule has 0 aliphatic carbocycles. The van der Waals surface area contributed by atoms with Crippen LogP contribution in [0.15, 0.2) is 28.6 Å². The van der Waals surface area contributed by atoms with E-state index in [1.165, 1.54) is 15.5 Å². The van der Waals surface area contributed by atoms with Crippen LogP contribution in [0.2, 0.25) is 0 Å². The average Bonchev–Trinajstić information content (AvgIpc) is 2.59. The van der Waals surface area contributed by atoms with Crippen molar-refractivity contribution in [1.82, 2.24) is 4.98 Å². The van der Waals surface area contributed by atoms with E-state index in [9.17, 15) is 0 Å². The minimum Gasteiger partial charge on any atom is -0.230 e. The van der Waals surface area contributed by atoms with Gasteiger partial charge < -0.3 is 0 Å². The van der Waals surface area contributed by atoms with Crippen molar-refractivity contribution in [2.24, 2.45) is 0 Å². The number of nitrogens with zero attached hydrogens (tertiary/aromatic N) is 1. The van der Waals surface area contributed by atoms with E-state index in [1.807, 2.05) is 17.8 Å². The van der Waals surface area contributed by atoms with Crippen LogP contribution in [-0.4, -0.2) is 10.2 Å². The Balaban J connectivity index is 2.27. The molecule has 0 aliphatic rings.